The van der Waals surface area contributed by atoms with Gasteiger partial charge in [-0.3, -0.25) is 4.79 Å². The molecule has 0 radical (unpaired) electrons. The lowest BCUT2D eigenvalue weighted by Gasteiger charge is -2.21. The van der Waals surface area contributed by atoms with E-state index in [0.717, 1.165) is 11.9 Å². The molecule has 4 rings (SSSR count). The molecule has 2 aliphatic rings. The van der Waals surface area contributed by atoms with Gasteiger partial charge in [-0.1, -0.05) is 0 Å². The predicted octanol–water partition coefficient (Wildman–Crippen LogP) is 1.27. The molecule has 1 amide bonds. The van der Waals surface area contributed by atoms with Crippen LogP contribution in [0.5, 0.6) is 0 Å². The van der Waals surface area contributed by atoms with Crippen molar-refractivity contribution in [2.75, 3.05) is 0 Å². The SMILES string of the molecule is Cc1cc2cnc(C(=O)N[C@@H]3C[C@H]4CC[C@@H]3N4)cn2c1. The number of hydrogen-bond donors (Lipinski definition) is 2. The van der Waals surface area contributed by atoms with Crippen molar-refractivity contribution in [3.63, 3.8) is 0 Å². The Labute approximate surface area is 117 Å². The van der Waals surface area contributed by atoms with Crippen LogP contribution in [0.1, 0.15) is 35.3 Å². The Morgan fingerprint density at radius 3 is 3.10 bits per heavy atom. The largest absolute Gasteiger partial charge is 0.346 e. The highest BCUT2D eigenvalue weighted by atomic mass is 16.2. The van der Waals surface area contributed by atoms with Gasteiger partial charge >= 0.3 is 0 Å². The third kappa shape index (κ3) is 1.89. The van der Waals surface area contributed by atoms with E-state index in [9.17, 15) is 4.79 Å². The van der Waals surface area contributed by atoms with Crippen molar-refractivity contribution in [2.45, 2.75) is 44.3 Å². The smallest absolute Gasteiger partial charge is 0.271 e. The van der Waals surface area contributed by atoms with Crippen molar-refractivity contribution in [1.82, 2.24) is 20.0 Å². The number of nitrogens with zero attached hydrogens (tertiary/aromatic N) is 2. The van der Waals surface area contributed by atoms with E-state index < -0.39 is 0 Å². The van der Waals surface area contributed by atoms with E-state index in [2.05, 4.69) is 21.7 Å². The number of aryl methyl sites for hydroxylation is 1. The number of carbonyl (C=O) groups is 1. The minimum atomic E-state index is -0.0717. The first kappa shape index (κ1) is 11.9. The second kappa shape index (κ2) is 4.31. The molecule has 0 aromatic carbocycles. The van der Waals surface area contributed by atoms with Crippen LogP contribution in [0.15, 0.2) is 24.7 Å². The van der Waals surface area contributed by atoms with Crippen molar-refractivity contribution >= 4 is 11.4 Å². The second-order valence-electron chi connectivity index (χ2n) is 5.99. The average Bonchev–Trinajstić information content (AvgIpc) is 3.10. The lowest BCUT2D eigenvalue weighted by molar-refractivity contribution is 0.0925. The molecule has 0 spiro atoms. The predicted molar refractivity (Wildman–Crippen MR) is 75.7 cm³/mol. The highest BCUT2D eigenvalue weighted by Gasteiger charge is 2.39. The zero-order valence-electron chi connectivity index (χ0n) is 11.5. The summed E-state index contributed by atoms with van der Waals surface area (Å²) < 4.78 is 1.95. The number of amides is 1. The minimum absolute atomic E-state index is 0.0717. The Kier molecular flexibility index (Phi) is 2.57. The van der Waals surface area contributed by atoms with Crippen molar-refractivity contribution in [3.05, 3.63) is 35.9 Å². The van der Waals surface area contributed by atoms with E-state index in [1.54, 1.807) is 12.4 Å². The first-order chi connectivity index (χ1) is 9.69. The molecule has 4 heterocycles. The minimum Gasteiger partial charge on any atom is -0.346 e. The summed E-state index contributed by atoms with van der Waals surface area (Å²) in [5.41, 5.74) is 2.66. The van der Waals surface area contributed by atoms with E-state index >= 15 is 0 Å². The Morgan fingerprint density at radius 1 is 1.45 bits per heavy atom. The molecule has 2 N–H and O–H groups in total. The maximum absolute atomic E-state index is 12.3. The fourth-order valence-corrected chi connectivity index (χ4v) is 3.50. The van der Waals surface area contributed by atoms with Gasteiger partial charge in [0.1, 0.15) is 5.69 Å². The number of carbonyl (C=O) groups excluding carboxylic acids is 1. The Morgan fingerprint density at radius 2 is 2.35 bits per heavy atom. The Bertz CT molecular complexity index is 678. The fraction of sp³-hybridized carbons (Fsp3) is 0.467. The van der Waals surface area contributed by atoms with Gasteiger partial charge < -0.3 is 15.0 Å². The van der Waals surface area contributed by atoms with Gasteiger partial charge in [0.25, 0.3) is 5.91 Å². The molecule has 2 fully saturated rings. The van der Waals surface area contributed by atoms with Crippen molar-refractivity contribution in [1.29, 1.82) is 0 Å². The Balaban J connectivity index is 1.54. The van der Waals surface area contributed by atoms with Crippen LogP contribution >= 0.6 is 0 Å². The van der Waals surface area contributed by atoms with Gasteiger partial charge in [0.2, 0.25) is 0 Å². The molecular formula is C15H18N4O. The fourth-order valence-electron chi connectivity index (χ4n) is 3.50. The van der Waals surface area contributed by atoms with Gasteiger partial charge in [0, 0.05) is 30.5 Å². The van der Waals surface area contributed by atoms with Crippen molar-refractivity contribution in [2.24, 2.45) is 0 Å². The van der Waals surface area contributed by atoms with Crippen LogP contribution in [-0.4, -0.2) is 33.4 Å². The molecular weight excluding hydrogens is 252 g/mol. The maximum Gasteiger partial charge on any atom is 0.271 e. The summed E-state index contributed by atoms with van der Waals surface area (Å²) in [6.45, 7) is 2.04. The molecule has 3 atom stereocenters. The van der Waals surface area contributed by atoms with E-state index in [1.807, 2.05) is 17.5 Å². The quantitative estimate of drug-likeness (QED) is 0.864. The second-order valence-corrected chi connectivity index (χ2v) is 5.99. The molecule has 2 aromatic rings. The molecule has 2 aromatic heterocycles. The number of fused-ring (bicyclic) bond motifs is 3. The normalized spacial score (nSPS) is 28.1. The van der Waals surface area contributed by atoms with E-state index in [0.29, 0.717) is 17.8 Å². The first-order valence-electron chi connectivity index (χ1n) is 7.20. The molecule has 0 saturated carbocycles. The van der Waals surface area contributed by atoms with Gasteiger partial charge in [-0.05, 0) is 37.8 Å². The molecule has 0 unspecified atom stereocenters. The van der Waals surface area contributed by atoms with Crippen LogP contribution in [0.25, 0.3) is 5.52 Å². The van der Waals surface area contributed by atoms with Crippen molar-refractivity contribution in [3.8, 4) is 0 Å². The van der Waals surface area contributed by atoms with E-state index in [4.69, 9.17) is 0 Å². The summed E-state index contributed by atoms with van der Waals surface area (Å²) >= 11 is 0. The van der Waals surface area contributed by atoms with Crippen LogP contribution in [0.4, 0.5) is 0 Å². The summed E-state index contributed by atoms with van der Waals surface area (Å²) in [5.74, 6) is -0.0717. The molecule has 20 heavy (non-hydrogen) atoms. The van der Waals surface area contributed by atoms with Crippen LogP contribution < -0.4 is 10.6 Å². The molecule has 5 nitrogen and oxygen atoms in total. The van der Waals surface area contributed by atoms with Gasteiger partial charge in [-0.15, -0.1) is 0 Å². The zero-order valence-corrected chi connectivity index (χ0v) is 11.5. The third-order valence-corrected chi connectivity index (χ3v) is 4.46. The standard InChI is InChI=1S/C15H18N4O/c1-9-4-11-6-16-14(8-19(11)7-9)15(20)18-13-5-10-2-3-12(13)17-10/h4,6-8,10,12-13,17H,2-3,5H2,1H3,(H,18,20)/t10-,12+,13-/m1/s1. The molecule has 5 heteroatoms. The lowest BCUT2D eigenvalue weighted by Crippen LogP contribution is -2.43. The van der Waals surface area contributed by atoms with Gasteiger partial charge in [0.05, 0.1) is 11.7 Å². The van der Waals surface area contributed by atoms with E-state index in [1.165, 1.54) is 18.4 Å². The van der Waals surface area contributed by atoms with Crippen LogP contribution in [0.2, 0.25) is 0 Å². The van der Waals surface area contributed by atoms with Gasteiger partial charge in [0.15, 0.2) is 0 Å². The summed E-state index contributed by atoms with van der Waals surface area (Å²) in [4.78, 5) is 16.6. The first-order valence-corrected chi connectivity index (χ1v) is 7.20. The number of nitrogens with one attached hydrogen (secondary N) is 2. The van der Waals surface area contributed by atoms with Gasteiger partial charge in [-0.25, -0.2) is 4.98 Å². The third-order valence-electron chi connectivity index (χ3n) is 4.46. The summed E-state index contributed by atoms with van der Waals surface area (Å²) in [7, 11) is 0. The lowest BCUT2D eigenvalue weighted by atomic mass is 9.95. The van der Waals surface area contributed by atoms with Crippen LogP contribution in [-0.2, 0) is 0 Å². The molecule has 0 aliphatic carbocycles. The Hall–Kier alpha value is -1.88. The highest BCUT2D eigenvalue weighted by molar-refractivity contribution is 5.92. The summed E-state index contributed by atoms with van der Waals surface area (Å²) in [6.07, 6.45) is 9.01. The van der Waals surface area contributed by atoms with Crippen LogP contribution in [0.3, 0.4) is 0 Å². The highest BCUT2D eigenvalue weighted by Crippen LogP contribution is 2.28. The van der Waals surface area contributed by atoms with Crippen molar-refractivity contribution < 1.29 is 4.79 Å². The zero-order chi connectivity index (χ0) is 13.7. The number of hydrogen-bond acceptors (Lipinski definition) is 3. The molecule has 2 saturated heterocycles. The van der Waals surface area contributed by atoms with Gasteiger partial charge in [-0.2, -0.15) is 0 Å². The molecule has 2 bridgehead atoms. The number of rotatable bonds is 2. The summed E-state index contributed by atoms with van der Waals surface area (Å²) in [6, 6.07) is 3.34. The monoisotopic (exact) mass is 270 g/mol. The number of aromatic nitrogens is 2. The topological polar surface area (TPSA) is 58.4 Å². The average molecular weight is 270 g/mol. The molecule has 2 aliphatic heterocycles. The maximum atomic E-state index is 12.3. The summed E-state index contributed by atoms with van der Waals surface area (Å²) in [5, 5.41) is 6.65. The molecule has 104 valence electrons. The van der Waals surface area contributed by atoms with E-state index in [-0.39, 0.29) is 11.9 Å². The van der Waals surface area contributed by atoms with Crippen LogP contribution in [0, 0.1) is 6.92 Å².